The van der Waals surface area contributed by atoms with E-state index in [1.54, 1.807) is 18.7 Å². The lowest BCUT2D eigenvalue weighted by Crippen LogP contribution is -2.39. The number of aryl methyl sites for hydroxylation is 1. The number of carbonyl (C=O) groups excluding carboxylic acids is 1. The van der Waals surface area contributed by atoms with Crippen LogP contribution in [-0.2, 0) is 22.1 Å². The predicted octanol–water partition coefficient (Wildman–Crippen LogP) is 3.28. The Balaban J connectivity index is 2.65. The first kappa shape index (κ1) is 17.6. The Labute approximate surface area is 133 Å². The van der Waals surface area contributed by atoms with Gasteiger partial charge >= 0.3 is 12.1 Å². The monoisotopic (exact) mass is 331 g/mol. The Bertz CT molecular complexity index is 566. The fourth-order valence-electron chi connectivity index (χ4n) is 2.73. The van der Waals surface area contributed by atoms with Gasteiger partial charge in [0.15, 0.2) is 0 Å². The number of nitrogens with zero attached hydrogens (tertiary/aromatic N) is 1. The fourth-order valence-corrected chi connectivity index (χ4v) is 2.73. The molecular formula is C16H20F3NO3. The first-order chi connectivity index (χ1) is 10.9. The van der Waals surface area contributed by atoms with Crippen LogP contribution >= 0.6 is 0 Å². The van der Waals surface area contributed by atoms with Gasteiger partial charge in [0, 0.05) is 13.1 Å². The molecule has 1 aromatic rings. The second kappa shape index (κ2) is 7.21. The van der Waals surface area contributed by atoms with Gasteiger partial charge in [-0.05, 0) is 25.0 Å². The van der Waals surface area contributed by atoms with Crippen LogP contribution in [-0.4, -0.2) is 38.9 Å². The average Bonchev–Trinajstić information content (AvgIpc) is 2.53. The highest BCUT2D eigenvalue weighted by Crippen LogP contribution is 2.42. The molecule has 0 N–H and O–H groups in total. The van der Waals surface area contributed by atoms with Gasteiger partial charge in [-0.15, -0.1) is 0 Å². The number of anilines is 1. The summed E-state index contributed by atoms with van der Waals surface area (Å²) in [5.74, 6) is -0.734. The Morgan fingerprint density at radius 3 is 2.43 bits per heavy atom. The van der Waals surface area contributed by atoms with Crippen LogP contribution in [0.15, 0.2) is 12.1 Å². The number of rotatable bonds is 4. The fraction of sp³-hybridized carbons (Fsp3) is 0.562. The van der Waals surface area contributed by atoms with Gasteiger partial charge in [0.1, 0.15) is 0 Å². The molecular weight excluding hydrogens is 311 g/mol. The van der Waals surface area contributed by atoms with Crippen molar-refractivity contribution in [3.8, 4) is 0 Å². The molecule has 1 heterocycles. The highest BCUT2D eigenvalue weighted by atomic mass is 19.4. The van der Waals surface area contributed by atoms with Gasteiger partial charge in [-0.1, -0.05) is 13.0 Å². The molecule has 23 heavy (non-hydrogen) atoms. The molecule has 0 amide bonds. The molecule has 0 aromatic heterocycles. The Morgan fingerprint density at radius 2 is 1.91 bits per heavy atom. The molecule has 1 aliphatic rings. The number of morpholine rings is 1. The third-order valence-electron chi connectivity index (χ3n) is 3.75. The van der Waals surface area contributed by atoms with Crippen LogP contribution in [0.5, 0.6) is 0 Å². The van der Waals surface area contributed by atoms with Crippen LogP contribution in [0.2, 0.25) is 0 Å². The van der Waals surface area contributed by atoms with E-state index < -0.39 is 17.7 Å². The molecule has 0 unspecified atom stereocenters. The van der Waals surface area contributed by atoms with E-state index in [0.717, 1.165) is 0 Å². The van der Waals surface area contributed by atoms with Gasteiger partial charge in [-0.3, -0.25) is 0 Å². The molecule has 0 spiro atoms. The Hall–Kier alpha value is -1.76. The lowest BCUT2D eigenvalue weighted by Gasteiger charge is -2.33. The minimum atomic E-state index is -4.54. The summed E-state index contributed by atoms with van der Waals surface area (Å²) >= 11 is 0. The van der Waals surface area contributed by atoms with Gasteiger partial charge < -0.3 is 14.4 Å². The van der Waals surface area contributed by atoms with Crippen LogP contribution < -0.4 is 4.90 Å². The van der Waals surface area contributed by atoms with Crippen LogP contribution in [0.4, 0.5) is 18.9 Å². The topological polar surface area (TPSA) is 38.8 Å². The lowest BCUT2D eigenvalue weighted by molar-refractivity contribution is -0.137. The minimum absolute atomic E-state index is 0.0433. The molecule has 1 saturated heterocycles. The van der Waals surface area contributed by atoms with Gasteiger partial charge in [0.05, 0.1) is 36.6 Å². The number of halogens is 3. The van der Waals surface area contributed by atoms with Crippen molar-refractivity contribution in [2.45, 2.75) is 26.4 Å². The highest BCUT2D eigenvalue weighted by molar-refractivity contribution is 5.97. The molecule has 4 nitrogen and oxygen atoms in total. The summed E-state index contributed by atoms with van der Waals surface area (Å²) in [4.78, 5) is 13.7. The van der Waals surface area contributed by atoms with E-state index in [2.05, 4.69) is 0 Å². The summed E-state index contributed by atoms with van der Waals surface area (Å²) in [6.45, 7) is 4.67. The number of carbonyl (C=O) groups is 1. The molecule has 1 aliphatic heterocycles. The molecule has 0 radical (unpaired) electrons. The van der Waals surface area contributed by atoms with Crippen molar-refractivity contribution in [3.63, 3.8) is 0 Å². The van der Waals surface area contributed by atoms with Crippen molar-refractivity contribution in [2.24, 2.45) is 0 Å². The van der Waals surface area contributed by atoms with Crippen molar-refractivity contribution >= 4 is 11.7 Å². The predicted molar refractivity (Wildman–Crippen MR) is 79.8 cm³/mol. The number of benzene rings is 1. The molecule has 0 saturated carbocycles. The molecule has 0 aliphatic carbocycles. The van der Waals surface area contributed by atoms with Crippen molar-refractivity contribution in [1.82, 2.24) is 0 Å². The number of hydrogen-bond acceptors (Lipinski definition) is 4. The van der Waals surface area contributed by atoms with E-state index in [1.165, 1.54) is 12.1 Å². The number of ether oxygens (including phenoxy) is 2. The molecule has 1 fully saturated rings. The SMILES string of the molecule is CCOC(=O)c1ccc(CC)c(C(F)(F)F)c1N1CCOCC1. The first-order valence-corrected chi connectivity index (χ1v) is 7.63. The van der Waals surface area contributed by atoms with Crippen molar-refractivity contribution in [3.05, 3.63) is 28.8 Å². The zero-order chi connectivity index (χ0) is 17.0. The molecule has 128 valence electrons. The van der Waals surface area contributed by atoms with Gasteiger partial charge in [0.2, 0.25) is 0 Å². The summed E-state index contributed by atoms with van der Waals surface area (Å²) in [6.07, 6.45) is -4.31. The first-order valence-electron chi connectivity index (χ1n) is 7.63. The van der Waals surface area contributed by atoms with Gasteiger partial charge in [-0.2, -0.15) is 13.2 Å². The second-order valence-electron chi connectivity index (χ2n) is 5.17. The zero-order valence-electron chi connectivity index (χ0n) is 13.2. The summed E-state index contributed by atoms with van der Waals surface area (Å²) in [6, 6.07) is 2.79. The van der Waals surface area contributed by atoms with Crippen molar-refractivity contribution in [2.75, 3.05) is 37.8 Å². The quantitative estimate of drug-likeness (QED) is 0.794. The van der Waals surface area contributed by atoms with Crippen LogP contribution in [0, 0.1) is 0 Å². The van der Waals surface area contributed by atoms with E-state index in [0.29, 0.717) is 26.3 Å². The largest absolute Gasteiger partial charge is 0.462 e. The highest BCUT2D eigenvalue weighted by Gasteiger charge is 2.39. The van der Waals surface area contributed by atoms with Gasteiger partial charge in [-0.25, -0.2) is 4.79 Å². The number of alkyl halides is 3. The summed E-state index contributed by atoms with van der Waals surface area (Å²) in [7, 11) is 0. The van der Waals surface area contributed by atoms with E-state index in [9.17, 15) is 18.0 Å². The Morgan fingerprint density at radius 1 is 1.26 bits per heavy atom. The van der Waals surface area contributed by atoms with E-state index in [4.69, 9.17) is 9.47 Å². The normalized spacial score (nSPS) is 15.6. The molecule has 2 rings (SSSR count). The third kappa shape index (κ3) is 3.77. The number of hydrogen-bond donors (Lipinski definition) is 0. The van der Waals surface area contributed by atoms with Crippen molar-refractivity contribution < 1.29 is 27.4 Å². The maximum Gasteiger partial charge on any atom is 0.418 e. The van der Waals surface area contributed by atoms with Crippen LogP contribution in [0.25, 0.3) is 0 Å². The summed E-state index contributed by atoms with van der Waals surface area (Å²) in [5.41, 5.74) is -0.698. The minimum Gasteiger partial charge on any atom is -0.462 e. The van der Waals surface area contributed by atoms with Crippen LogP contribution in [0.1, 0.15) is 35.3 Å². The van der Waals surface area contributed by atoms with E-state index in [-0.39, 0.29) is 29.8 Å². The molecule has 1 aromatic carbocycles. The summed E-state index contributed by atoms with van der Waals surface area (Å²) in [5, 5.41) is 0. The van der Waals surface area contributed by atoms with Crippen LogP contribution in [0.3, 0.4) is 0 Å². The van der Waals surface area contributed by atoms with Gasteiger partial charge in [0.25, 0.3) is 0 Å². The molecule has 7 heteroatoms. The number of esters is 1. The maximum absolute atomic E-state index is 13.7. The second-order valence-corrected chi connectivity index (χ2v) is 5.17. The smallest absolute Gasteiger partial charge is 0.418 e. The third-order valence-corrected chi connectivity index (χ3v) is 3.75. The maximum atomic E-state index is 13.7. The Kier molecular flexibility index (Phi) is 5.51. The van der Waals surface area contributed by atoms with E-state index >= 15 is 0 Å². The standard InChI is InChI=1S/C16H20F3NO3/c1-3-11-5-6-12(15(21)23-4-2)14(13(11)16(17,18)19)20-7-9-22-10-8-20/h5-6H,3-4,7-10H2,1-2H3. The van der Waals surface area contributed by atoms with Crippen molar-refractivity contribution in [1.29, 1.82) is 0 Å². The molecule has 0 bridgehead atoms. The lowest BCUT2D eigenvalue weighted by atomic mass is 9.97. The zero-order valence-corrected chi connectivity index (χ0v) is 13.2. The summed E-state index contributed by atoms with van der Waals surface area (Å²) < 4.78 is 51.2. The molecule has 0 atom stereocenters. The van der Waals surface area contributed by atoms with E-state index in [1.807, 2.05) is 0 Å². The average molecular weight is 331 g/mol.